The Kier molecular flexibility index (Phi) is 6.52. The van der Waals surface area contributed by atoms with Crippen LogP contribution in [0.3, 0.4) is 0 Å². The quantitative estimate of drug-likeness (QED) is 0.210. The van der Waals surface area contributed by atoms with Crippen LogP contribution in [0.2, 0.25) is 0 Å². The van der Waals surface area contributed by atoms with Gasteiger partial charge < -0.3 is 30.6 Å². The number of phenols is 6. The maximum Gasteiger partial charge on any atom is 0.200 e. The molecule has 0 aliphatic rings. The molecule has 158 valence electrons. The lowest BCUT2D eigenvalue weighted by Crippen LogP contribution is -2.04. The van der Waals surface area contributed by atoms with Gasteiger partial charge in [-0.3, -0.25) is 0 Å². The highest BCUT2D eigenvalue weighted by atomic mass is 16.3. The second-order valence-electron chi connectivity index (χ2n) is 6.75. The lowest BCUT2D eigenvalue weighted by atomic mass is 9.83. The summed E-state index contributed by atoms with van der Waals surface area (Å²) in [6.45, 7) is 0. The molecule has 6 heteroatoms. The Bertz CT molecular complexity index is 1040. The van der Waals surface area contributed by atoms with Crippen LogP contribution in [0.1, 0.15) is 22.6 Å². The molecule has 0 bridgehead atoms. The van der Waals surface area contributed by atoms with Gasteiger partial charge in [0.15, 0.2) is 17.2 Å². The monoisotopic (exact) mass is 418 g/mol. The Hall–Kier alpha value is -4.32. The predicted molar refractivity (Wildman–Crippen MR) is 117 cm³/mol. The van der Waals surface area contributed by atoms with E-state index in [1.165, 1.54) is 18.2 Å². The molecule has 0 amide bonds. The van der Waals surface area contributed by atoms with E-state index in [1.807, 2.05) is 18.2 Å². The number of rotatable bonds is 3. The summed E-state index contributed by atoms with van der Waals surface area (Å²) < 4.78 is 0. The van der Waals surface area contributed by atoms with E-state index >= 15 is 0 Å². The maximum absolute atomic E-state index is 10.2. The van der Waals surface area contributed by atoms with Crippen molar-refractivity contribution >= 4 is 0 Å². The van der Waals surface area contributed by atoms with Gasteiger partial charge in [0, 0.05) is 22.6 Å². The average molecular weight is 418 g/mol. The first-order chi connectivity index (χ1) is 14.9. The predicted octanol–water partition coefficient (Wildman–Crippen LogP) is 4.79. The summed E-state index contributed by atoms with van der Waals surface area (Å²) in [5.74, 6) is -1.18. The maximum atomic E-state index is 10.2. The Balaban J connectivity index is 0.000000254. The second-order valence-corrected chi connectivity index (χ2v) is 6.75. The number of benzene rings is 4. The van der Waals surface area contributed by atoms with Crippen molar-refractivity contribution in [3.63, 3.8) is 0 Å². The smallest absolute Gasteiger partial charge is 0.200 e. The topological polar surface area (TPSA) is 121 Å². The van der Waals surface area contributed by atoms with Gasteiger partial charge in [-0.15, -0.1) is 0 Å². The minimum Gasteiger partial charge on any atom is -0.508 e. The zero-order valence-electron chi connectivity index (χ0n) is 16.4. The number of para-hydroxylation sites is 4. The zero-order valence-corrected chi connectivity index (χ0v) is 16.4. The minimum atomic E-state index is -0.475. The van der Waals surface area contributed by atoms with E-state index in [1.54, 1.807) is 54.6 Å². The summed E-state index contributed by atoms with van der Waals surface area (Å²) in [6, 6.07) is 24.9. The molecular weight excluding hydrogens is 396 g/mol. The third-order valence-electron chi connectivity index (χ3n) is 4.74. The van der Waals surface area contributed by atoms with E-state index in [0.717, 1.165) is 0 Å². The van der Waals surface area contributed by atoms with Gasteiger partial charge in [0.25, 0.3) is 0 Å². The molecule has 31 heavy (non-hydrogen) atoms. The van der Waals surface area contributed by atoms with Crippen LogP contribution in [-0.2, 0) is 0 Å². The number of hydrogen-bond donors (Lipinski definition) is 6. The van der Waals surface area contributed by atoms with Crippen molar-refractivity contribution in [2.24, 2.45) is 0 Å². The molecule has 0 heterocycles. The lowest BCUT2D eigenvalue weighted by molar-refractivity contribution is 0.368. The molecule has 0 saturated heterocycles. The van der Waals surface area contributed by atoms with Crippen molar-refractivity contribution < 1.29 is 30.6 Å². The van der Waals surface area contributed by atoms with Gasteiger partial charge in [0.1, 0.15) is 17.2 Å². The third-order valence-corrected chi connectivity index (χ3v) is 4.74. The van der Waals surface area contributed by atoms with Crippen LogP contribution in [0.4, 0.5) is 0 Å². The van der Waals surface area contributed by atoms with Gasteiger partial charge in [-0.1, -0.05) is 60.7 Å². The largest absolute Gasteiger partial charge is 0.508 e. The lowest BCUT2D eigenvalue weighted by Gasteiger charge is -2.21. The molecule has 0 radical (unpaired) electrons. The van der Waals surface area contributed by atoms with Gasteiger partial charge >= 0.3 is 0 Å². The molecule has 4 aromatic rings. The van der Waals surface area contributed by atoms with E-state index in [0.29, 0.717) is 16.7 Å². The first-order valence-corrected chi connectivity index (χ1v) is 9.43. The van der Waals surface area contributed by atoms with Gasteiger partial charge in [-0.05, 0) is 30.3 Å². The molecule has 0 aromatic heterocycles. The van der Waals surface area contributed by atoms with Crippen LogP contribution < -0.4 is 0 Å². The fourth-order valence-electron chi connectivity index (χ4n) is 3.22. The van der Waals surface area contributed by atoms with Crippen molar-refractivity contribution in [3.05, 3.63) is 108 Å². The van der Waals surface area contributed by atoms with Gasteiger partial charge in [0.05, 0.1) is 0 Å². The fourth-order valence-corrected chi connectivity index (χ4v) is 3.22. The van der Waals surface area contributed by atoms with E-state index < -0.39 is 11.7 Å². The van der Waals surface area contributed by atoms with Crippen LogP contribution in [-0.4, -0.2) is 30.6 Å². The Morgan fingerprint density at radius 3 is 0.935 bits per heavy atom. The molecule has 0 spiro atoms. The summed E-state index contributed by atoms with van der Waals surface area (Å²) in [7, 11) is 0. The summed E-state index contributed by atoms with van der Waals surface area (Å²) in [6.07, 6.45) is 0. The molecule has 4 rings (SSSR count). The third kappa shape index (κ3) is 4.82. The van der Waals surface area contributed by atoms with E-state index in [2.05, 4.69) is 0 Å². The van der Waals surface area contributed by atoms with Crippen molar-refractivity contribution in [1.29, 1.82) is 0 Å². The minimum absolute atomic E-state index is 0.124. The zero-order chi connectivity index (χ0) is 22.4. The molecule has 0 fully saturated rings. The normalized spacial score (nSPS) is 10.4. The standard InChI is InChI=1S/C19H16O3.C6H6O3/c20-16-10-4-1-7-13(16)19(14-8-2-5-11-17(14)21)15-9-3-6-12-18(15)22;7-4-2-1-3-5(8)6(4)9/h1-12,19-22H;1-3,7-9H. The van der Waals surface area contributed by atoms with E-state index in [4.69, 9.17) is 15.3 Å². The van der Waals surface area contributed by atoms with Crippen LogP contribution in [0.25, 0.3) is 0 Å². The summed E-state index contributed by atoms with van der Waals surface area (Å²) >= 11 is 0. The number of hydrogen-bond acceptors (Lipinski definition) is 6. The molecule has 0 aliphatic heterocycles. The number of aromatic hydroxyl groups is 6. The molecule has 0 unspecified atom stereocenters. The Morgan fingerprint density at radius 2 is 0.645 bits per heavy atom. The fraction of sp³-hybridized carbons (Fsp3) is 0.0400. The molecule has 0 atom stereocenters. The van der Waals surface area contributed by atoms with Crippen LogP contribution in [0, 0.1) is 0 Å². The summed E-state index contributed by atoms with van der Waals surface area (Å²) in [4.78, 5) is 0. The molecule has 6 N–H and O–H groups in total. The molecule has 0 saturated carbocycles. The van der Waals surface area contributed by atoms with Crippen molar-refractivity contribution in [3.8, 4) is 34.5 Å². The molecule has 4 aromatic carbocycles. The molecule has 0 aliphatic carbocycles. The van der Waals surface area contributed by atoms with Crippen molar-refractivity contribution in [2.45, 2.75) is 5.92 Å². The van der Waals surface area contributed by atoms with Crippen molar-refractivity contribution in [2.75, 3.05) is 0 Å². The second kappa shape index (κ2) is 9.45. The van der Waals surface area contributed by atoms with Gasteiger partial charge in [0.2, 0.25) is 0 Å². The highest BCUT2D eigenvalue weighted by Crippen LogP contribution is 2.42. The summed E-state index contributed by atoms with van der Waals surface area (Å²) in [5.41, 5.74) is 1.89. The highest BCUT2D eigenvalue weighted by molar-refractivity contribution is 5.55. The summed E-state index contributed by atoms with van der Waals surface area (Å²) in [5, 5.41) is 56.8. The van der Waals surface area contributed by atoms with Gasteiger partial charge in [-0.25, -0.2) is 0 Å². The molecule has 6 nitrogen and oxygen atoms in total. The van der Waals surface area contributed by atoms with Crippen LogP contribution in [0.15, 0.2) is 91.0 Å². The van der Waals surface area contributed by atoms with E-state index in [-0.39, 0.29) is 28.7 Å². The van der Waals surface area contributed by atoms with Gasteiger partial charge in [-0.2, -0.15) is 0 Å². The average Bonchev–Trinajstić information content (AvgIpc) is 2.76. The number of phenolic OH excluding ortho intramolecular Hbond substituents is 6. The SMILES string of the molecule is Oc1cccc(O)c1O.Oc1ccccc1C(c1ccccc1O)c1ccccc1O. The first kappa shape index (κ1) is 21.4. The van der Waals surface area contributed by atoms with E-state index in [9.17, 15) is 15.3 Å². The van der Waals surface area contributed by atoms with Crippen molar-refractivity contribution in [1.82, 2.24) is 0 Å². The Morgan fingerprint density at radius 1 is 0.355 bits per heavy atom. The first-order valence-electron chi connectivity index (χ1n) is 9.43. The molecular formula is C25H22O6. The Labute approximate surface area is 179 Å². The van der Waals surface area contributed by atoms with Crippen LogP contribution in [0.5, 0.6) is 34.5 Å². The highest BCUT2D eigenvalue weighted by Gasteiger charge is 2.24. The van der Waals surface area contributed by atoms with Crippen LogP contribution >= 0.6 is 0 Å².